The molecule has 0 atom stereocenters. The quantitative estimate of drug-likeness (QED) is 0.889. The molecule has 3 rings (SSSR count). The van der Waals surface area contributed by atoms with Gasteiger partial charge in [0.25, 0.3) is 0 Å². The summed E-state index contributed by atoms with van der Waals surface area (Å²) in [5, 5.41) is 5.88. The summed E-state index contributed by atoms with van der Waals surface area (Å²) in [6.07, 6.45) is 0. The Morgan fingerprint density at radius 3 is 2.50 bits per heavy atom. The van der Waals surface area contributed by atoms with Crippen LogP contribution in [-0.2, 0) is 4.74 Å². The van der Waals surface area contributed by atoms with Crippen LogP contribution in [0, 0.1) is 0 Å². The number of morpholine rings is 1. The van der Waals surface area contributed by atoms with E-state index in [1.165, 1.54) is 0 Å². The molecule has 1 saturated heterocycles. The predicted molar refractivity (Wildman–Crippen MR) is 96.2 cm³/mol. The second-order valence-corrected chi connectivity index (χ2v) is 5.75. The Balaban J connectivity index is 1.55. The third-order valence-electron chi connectivity index (χ3n) is 4.08. The number of hydrogen-bond donors (Lipinski definition) is 2. The lowest BCUT2D eigenvalue weighted by molar-refractivity contribution is 0.0388. The van der Waals surface area contributed by atoms with Crippen molar-refractivity contribution in [2.24, 2.45) is 0 Å². The van der Waals surface area contributed by atoms with E-state index in [0.29, 0.717) is 6.54 Å². The molecule has 1 aliphatic rings. The summed E-state index contributed by atoms with van der Waals surface area (Å²) in [6, 6.07) is 17.7. The summed E-state index contributed by atoms with van der Waals surface area (Å²) in [7, 11) is 0. The van der Waals surface area contributed by atoms with E-state index in [0.717, 1.165) is 49.7 Å². The van der Waals surface area contributed by atoms with Gasteiger partial charge >= 0.3 is 6.03 Å². The summed E-state index contributed by atoms with van der Waals surface area (Å²) in [6.45, 7) is 4.88. The Morgan fingerprint density at radius 1 is 1.00 bits per heavy atom. The van der Waals surface area contributed by atoms with Gasteiger partial charge in [0.2, 0.25) is 0 Å². The van der Waals surface area contributed by atoms with E-state index in [1.807, 2.05) is 54.6 Å². The van der Waals surface area contributed by atoms with Crippen LogP contribution in [0.1, 0.15) is 0 Å². The molecule has 0 unspecified atom stereocenters. The first-order chi connectivity index (χ1) is 11.8. The SMILES string of the molecule is O=C(NCCN1CCOCC1)Nc1ccccc1-c1ccccc1. The van der Waals surface area contributed by atoms with Gasteiger partial charge in [-0.05, 0) is 11.6 Å². The average Bonchev–Trinajstić information content (AvgIpc) is 2.64. The highest BCUT2D eigenvalue weighted by molar-refractivity contribution is 5.94. The Labute approximate surface area is 142 Å². The third-order valence-corrected chi connectivity index (χ3v) is 4.08. The monoisotopic (exact) mass is 325 g/mol. The number of nitrogens with one attached hydrogen (secondary N) is 2. The first-order valence-corrected chi connectivity index (χ1v) is 8.32. The zero-order chi connectivity index (χ0) is 16.6. The minimum atomic E-state index is -0.174. The van der Waals surface area contributed by atoms with Gasteiger partial charge in [-0.1, -0.05) is 48.5 Å². The van der Waals surface area contributed by atoms with Crippen LogP contribution in [0.2, 0.25) is 0 Å². The molecule has 0 spiro atoms. The van der Waals surface area contributed by atoms with Gasteiger partial charge in [0.1, 0.15) is 0 Å². The molecule has 1 fully saturated rings. The second-order valence-electron chi connectivity index (χ2n) is 5.75. The number of carbonyl (C=O) groups excluding carboxylic acids is 1. The third kappa shape index (κ3) is 4.57. The first kappa shape index (κ1) is 16.5. The van der Waals surface area contributed by atoms with E-state index in [-0.39, 0.29) is 6.03 Å². The number of urea groups is 1. The van der Waals surface area contributed by atoms with Crippen LogP contribution in [0.5, 0.6) is 0 Å². The van der Waals surface area contributed by atoms with E-state index < -0.39 is 0 Å². The van der Waals surface area contributed by atoms with Crippen LogP contribution in [0.4, 0.5) is 10.5 Å². The fourth-order valence-corrected chi connectivity index (χ4v) is 2.78. The zero-order valence-electron chi connectivity index (χ0n) is 13.7. The number of nitrogens with zero attached hydrogens (tertiary/aromatic N) is 1. The lowest BCUT2D eigenvalue weighted by atomic mass is 10.0. The number of amides is 2. The van der Waals surface area contributed by atoms with Crippen molar-refractivity contribution in [2.45, 2.75) is 0 Å². The lowest BCUT2D eigenvalue weighted by Crippen LogP contribution is -2.42. The summed E-state index contributed by atoms with van der Waals surface area (Å²) in [5.41, 5.74) is 2.91. The van der Waals surface area contributed by atoms with Crippen LogP contribution in [0.3, 0.4) is 0 Å². The number of benzene rings is 2. The zero-order valence-corrected chi connectivity index (χ0v) is 13.7. The maximum atomic E-state index is 12.2. The molecule has 0 aliphatic carbocycles. The molecule has 5 nitrogen and oxygen atoms in total. The van der Waals surface area contributed by atoms with Crippen LogP contribution in [0.15, 0.2) is 54.6 Å². The lowest BCUT2D eigenvalue weighted by Gasteiger charge is -2.26. The van der Waals surface area contributed by atoms with E-state index in [9.17, 15) is 4.79 Å². The highest BCUT2D eigenvalue weighted by atomic mass is 16.5. The normalized spacial score (nSPS) is 15.0. The fraction of sp³-hybridized carbons (Fsp3) is 0.316. The number of anilines is 1. The fourth-order valence-electron chi connectivity index (χ4n) is 2.78. The van der Waals surface area contributed by atoms with Gasteiger partial charge in [0.05, 0.1) is 18.9 Å². The molecular weight excluding hydrogens is 302 g/mol. The van der Waals surface area contributed by atoms with Gasteiger partial charge in [-0.15, -0.1) is 0 Å². The van der Waals surface area contributed by atoms with Gasteiger partial charge in [-0.25, -0.2) is 4.79 Å². The van der Waals surface area contributed by atoms with E-state index in [1.54, 1.807) is 0 Å². The molecule has 126 valence electrons. The van der Waals surface area contributed by atoms with Crippen molar-refractivity contribution < 1.29 is 9.53 Å². The smallest absolute Gasteiger partial charge is 0.319 e. The highest BCUT2D eigenvalue weighted by Crippen LogP contribution is 2.27. The van der Waals surface area contributed by atoms with Crippen LogP contribution >= 0.6 is 0 Å². The van der Waals surface area contributed by atoms with E-state index in [2.05, 4.69) is 15.5 Å². The predicted octanol–water partition coefficient (Wildman–Crippen LogP) is 2.81. The number of ether oxygens (including phenoxy) is 1. The molecule has 0 bridgehead atoms. The largest absolute Gasteiger partial charge is 0.379 e. The molecule has 1 aliphatic heterocycles. The molecule has 24 heavy (non-hydrogen) atoms. The van der Waals surface area contributed by atoms with Crippen molar-refractivity contribution in [1.29, 1.82) is 0 Å². The molecule has 0 aromatic heterocycles. The second kappa shape index (κ2) is 8.47. The molecule has 2 aromatic rings. The molecular formula is C19H23N3O2. The average molecular weight is 325 g/mol. The molecule has 2 aromatic carbocycles. The number of hydrogen-bond acceptors (Lipinski definition) is 3. The van der Waals surface area contributed by atoms with E-state index in [4.69, 9.17) is 4.74 Å². The van der Waals surface area contributed by atoms with Crippen molar-refractivity contribution in [3.8, 4) is 11.1 Å². The van der Waals surface area contributed by atoms with Crippen molar-refractivity contribution in [3.05, 3.63) is 54.6 Å². The maximum Gasteiger partial charge on any atom is 0.319 e. The Bertz CT molecular complexity index is 655. The standard InChI is InChI=1S/C19H23N3O2/c23-19(20-10-11-22-12-14-24-15-13-22)21-18-9-5-4-8-17(18)16-6-2-1-3-7-16/h1-9H,10-15H2,(H2,20,21,23). The van der Waals surface area contributed by atoms with Crippen LogP contribution in [-0.4, -0.2) is 50.3 Å². The minimum Gasteiger partial charge on any atom is -0.379 e. The maximum absolute atomic E-state index is 12.2. The summed E-state index contributed by atoms with van der Waals surface area (Å²) < 4.78 is 5.32. The van der Waals surface area contributed by atoms with Crippen LogP contribution in [0.25, 0.3) is 11.1 Å². The molecule has 0 saturated carbocycles. The first-order valence-electron chi connectivity index (χ1n) is 8.32. The van der Waals surface area contributed by atoms with Gasteiger partial charge in [0.15, 0.2) is 0 Å². The Morgan fingerprint density at radius 2 is 1.71 bits per heavy atom. The highest BCUT2D eigenvalue weighted by Gasteiger charge is 2.11. The van der Waals surface area contributed by atoms with Crippen molar-refractivity contribution >= 4 is 11.7 Å². The Hall–Kier alpha value is -2.37. The summed E-state index contributed by atoms with van der Waals surface area (Å²) in [5.74, 6) is 0. The molecule has 1 heterocycles. The van der Waals surface area contributed by atoms with E-state index >= 15 is 0 Å². The van der Waals surface area contributed by atoms with Gasteiger partial charge < -0.3 is 15.4 Å². The van der Waals surface area contributed by atoms with Crippen molar-refractivity contribution in [2.75, 3.05) is 44.7 Å². The number of para-hydroxylation sites is 1. The molecule has 0 radical (unpaired) electrons. The summed E-state index contributed by atoms with van der Waals surface area (Å²) in [4.78, 5) is 14.5. The number of rotatable bonds is 5. The van der Waals surface area contributed by atoms with Crippen LogP contribution < -0.4 is 10.6 Å². The van der Waals surface area contributed by atoms with Gasteiger partial charge in [-0.3, -0.25) is 4.90 Å². The molecule has 2 amide bonds. The molecule has 2 N–H and O–H groups in total. The number of carbonyl (C=O) groups is 1. The van der Waals surface area contributed by atoms with Crippen molar-refractivity contribution in [1.82, 2.24) is 10.2 Å². The summed E-state index contributed by atoms with van der Waals surface area (Å²) >= 11 is 0. The van der Waals surface area contributed by atoms with Crippen molar-refractivity contribution in [3.63, 3.8) is 0 Å². The topological polar surface area (TPSA) is 53.6 Å². The van der Waals surface area contributed by atoms with Gasteiger partial charge in [-0.2, -0.15) is 0 Å². The van der Waals surface area contributed by atoms with Gasteiger partial charge in [0, 0.05) is 31.7 Å². The molecule has 5 heteroatoms. The minimum absolute atomic E-state index is 0.174. The Kier molecular flexibility index (Phi) is 5.82.